The van der Waals surface area contributed by atoms with Gasteiger partial charge >= 0.3 is 0 Å². The molecular formula is C18H21N5O2S. The Morgan fingerprint density at radius 3 is 2.81 bits per heavy atom. The van der Waals surface area contributed by atoms with E-state index in [4.69, 9.17) is 4.42 Å². The molecule has 1 N–H and O–H groups in total. The number of carbonyl (C=O) groups is 1. The Hall–Kier alpha value is -2.48. The maximum absolute atomic E-state index is 12.6. The van der Waals surface area contributed by atoms with Gasteiger partial charge in [-0.3, -0.25) is 9.89 Å². The number of nitrogens with one attached hydrogen (secondary N) is 1. The number of thiophene rings is 1. The van der Waals surface area contributed by atoms with Crippen LogP contribution < -0.4 is 0 Å². The van der Waals surface area contributed by atoms with Gasteiger partial charge in [0.25, 0.3) is 5.91 Å². The van der Waals surface area contributed by atoms with Crippen LogP contribution in [0.25, 0.3) is 11.5 Å². The van der Waals surface area contributed by atoms with Gasteiger partial charge in [-0.15, -0.1) is 10.2 Å². The zero-order valence-corrected chi connectivity index (χ0v) is 15.6. The average molecular weight is 371 g/mol. The summed E-state index contributed by atoms with van der Waals surface area (Å²) in [5.74, 6) is 1.74. The number of rotatable bonds is 4. The van der Waals surface area contributed by atoms with E-state index in [0.29, 0.717) is 36.5 Å². The summed E-state index contributed by atoms with van der Waals surface area (Å²) in [6.45, 7) is 5.48. The van der Waals surface area contributed by atoms with Gasteiger partial charge in [0.1, 0.15) is 5.69 Å². The molecule has 4 heterocycles. The molecule has 0 aromatic carbocycles. The monoisotopic (exact) mass is 371 g/mol. The lowest BCUT2D eigenvalue weighted by Gasteiger charge is -2.29. The quantitative estimate of drug-likeness (QED) is 0.756. The summed E-state index contributed by atoms with van der Waals surface area (Å²) in [6, 6.07) is 3.82. The molecule has 0 spiro atoms. The van der Waals surface area contributed by atoms with Gasteiger partial charge in [-0.1, -0.05) is 13.8 Å². The third kappa shape index (κ3) is 3.29. The maximum Gasteiger partial charge on any atom is 0.274 e. The Kier molecular flexibility index (Phi) is 4.58. The first-order chi connectivity index (χ1) is 12.6. The Morgan fingerprint density at radius 2 is 2.15 bits per heavy atom. The van der Waals surface area contributed by atoms with Gasteiger partial charge in [0.2, 0.25) is 11.8 Å². The van der Waals surface area contributed by atoms with E-state index in [1.165, 1.54) is 0 Å². The van der Waals surface area contributed by atoms with Crippen molar-refractivity contribution >= 4 is 17.2 Å². The predicted octanol–water partition coefficient (Wildman–Crippen LogP) is 3.66. The number of carbonyl (C=O) groups excluding carboxylic acids is 1. The number of H-pyrrole nitrogens is 1. The highest BCUT2D eigenvalue weighted by Crippen LogP contribution is 2.30. The van der Waals surface area contributed by atoms with E-state index in [0.717, 1.165) is 24.1 Å². The minimum absolute atomic E-state index is 0.0175. The summed E-state index contributed by atoms with van der Waals surface area (Å²) in [5.41, 5.74) is 2.43. The van der Waals surface area contributed by atoms with Gasteiger partial charge < -0.3 is 9.32 Å². The fourth-order valence-electron chi connectivity index (χ4n) is 3.14. The molecule has 1 aliphatic heterocycles. The van der Waals surface area contributed by atoms with Crippen LogP contribution in [0.2, 0.25) is 0 Å². The number of piperidine rings is 1. The van der Waals surface area contributed by atoms with Crippen molar-refractivity contribution in [2.45, 2.75) is 38.5 Å². The number of hydrogen-bond donors (Lipinski definition) is 1. The zero-order valence-electron chi connectivity index (χ0n) is 14.8. The lowest BCUT2D eigenvalue weighted by molar-refractivity contribution is 0.0700. The molecule has 1 saturated heterocycles. The van der Waals surface area contributed by atoms with Crippen molar-refractivity contribution in [3.63, 3.8) is 0 Å². The molecule has 3 aromatic heterocycles. The molecule has 7 nitrogen and oxygen atoms in total. The Labute approximate surface area is 155 Å². The van der Waals surface area contributed by atoms with Crippen molar-refractivity contribution in [1.82, 2.24) is 25.3 Å². The van der Waals surface area contributed by atoms with E-state index in [9.17, 15) is 4.79 Å². The number of aromatic nitrogens is 4. The first kappa shape index (κ1) is 17.0. The lowest BCUT2D eigenvalue weighted by atomic mass is 9.96. The standard InChI is InChI=1S/C18H21N5O2S/c1-11(2)14-9-15(20-19-14)18(24)23-6-3-12(4-7-23)16-21-22-17(25-16)13-5-8-26-10-13/h5,8-12H,3-4,6-7H2,1-2H3,(H,19,20). The second-order valence-corrected chi connectivity index (χ2v) is 7.67. The maximum atomic E-state index is 12.6. The molecule has 0 radical (unpaired) electrons. The number of aromatic amines is 1. The molecule has 1 aliphatic rings. The third-order valence-electron chi connectivity index (χ3n) is 4.78. The van der Waals surface area contributed by atoms with Crippen molar-refractivity contribution in [3.05, 3.63) is 40.2 Å². The minimum atomic E-state index is -0.0175. The number of hydrogen-bond acceptors (Lipinski definition) is 6. The Morgan fingerprint density at radius 1 is 1.35 bits per heavy atom. The normalized spacial score (nSPS) is 15.7. The van der Waals surface area contributed by atoms with Crippen LogP contribution in [0.1, 0.15) is 60.6 Å². The second-order valence-electron chi connectivity index (χ2n) is 6.89. The largest absolute Gasteiger partial charge is 0.420 e. The Balaban J connectivity index is 1.38. The van der Waals surface area contributed by atoms with Gasteiger partial charge in [-0.2, -0.15) is 16.4 Å². The molecule has 1 fully saturated rings. The first-order valence-corrected chi connectivity index (χ1v) is 9.76. The Bertz CT molecular complexity index is 875. The van der Waals surface area contributed by atoms with Crippen molar-refractivity contribution in [3.8, 4) is 11.5 Å². The number of likely N-dealkylation sites (tertiary alicyclic amines) is 1. The zero-order chi connectivity index (χ0) is 18.1. The van der Waals surface area contributed by atoms with Crippen molar-refractivity contribution in [2.75, 3.05) is 13.1 Å². The van der Waals surface area contributed by atoms with Gasteiger partial charge in [-0.25, -0.2) is 0 Å². The topological polar surface area (TPSA) is 87.9 Å². The van der Waals surface area contributed by atoms with Crippen LogP contribution in [0.4, 0.5) is 0 Å². The summed E-state index contributed by atoms with van der Waals surface area (Å²) >= 11 is 1.60. The highest BCUT2D eigenvalue weighted by molar-refractivity contribution is 7.08. The van der Waals surface area contributed by atoms with Crippen molar-refractivity contribution in [2.24, 2.45) is 0 Å². The molecule has 0 aliphatic carbocycles. The van der Waals surface area contributed by atoms with Crippen LogP contribution in [0, 0.1) is 0 Å². The summed E-state index contributed by atoms with van der Waals surface area (Å²) in [7, 11) is 0. The fourth-order valence-corrected chi connectivity index (χ4v) is 3.77. The highest BCUT2D eigenvalue weighted by Gasteiger charge is 2.29. The van der Waals surface area contributed by atoms with Crippen molar-refractivity contribution < 1.29 is 9.21 Å². The van der Waals surface area contributed by atoms with E-state index in [-0.39, 0.29) is 11.8 Å². The van der Waals surface area contributed by atoms with E-state index < -0.39 is 0 Å². The second kappa shape index (κ2) is 7.03. The molecule has 0 bridgehead atoms. The molecule has 0 atom stereocenters. The van der Waals surface area contributed by atoms with Crippen molar-refractivity contribution in [1.29, 1.82) is 0 Å². The van der Waals surface area contributed by atoms with E-state index >= 15 is 0 Å². The molecule has 0 unspecified atom stereocenters. The summed E-state index contributed by atoms with van der Waals surface area (Å²) in [4.78, 5) is 14.5. The smallest absolute Gasteiger partial charge is 0.274 e. The third-order valence-corrected chi connectivity index (χ3v) is 5.46. The van der Waals surface area contributed by atoms with Crippen LogP contribution >= 0.6 is 11.3 Å². The van der Waals surface area contributed by atoms with E-state index in [2.05, 4.69) is 34.2 Å². The lowest BCUT2D eigenvalue weighted by Crippen LogP contribution is -2.38. The number of amides is 1. The van der Waals surface area contributed by atoms with Gasteiger partial charge in [0.05, 0.1) is 0 Å². The summed E-state index contributed by atoms with van der Waals surface area (Å²) < 4.78 is 5.84. The van der Waals surface area contributed by atoms with Gasteiger partial charge in [0, 0.05) is 35.6 Å². The van der Waals surface area contributed by atoms with Crippen LogP contribution in [-0.4, -0.2) is 44.3 Å². The molecule has 26 heavy (non-hydrogen) atoms. The minimum Gasteiger partial charge on any atom is -0.420 e. The van der Waals surface area contributed by atoms with Gasteiger partial charge in [-0.05, 0) is 36.3 Å². The van der Waals surface area contributed by atoms with Crippen LogP contribution in [0.5, 0.6) is 0 Å². The van der Waals surface area contributed by atoms with E-state index in [1.807, 2.05) is 27.8 Å². The van der Waals surface area contributed by atoms with Crippen LogP contribution in [0.3, 0.4) is 0 Å². The van der Waals surface area contributed by atoms with Crippen LogP contribution in [-0.2, 0) is 0 Å². The van der Waals surface area contributed by atoms with Crippen LogP contribution in [0.15, 0.2) is 27.3 Å². The SMILES string of the molecule is CC(C)c1cc(C(=O)N2CCC(c3nnc(-c4ccsc4)o3)CC2)n[nH]1. The number of nitrogens with zero attached hydrogens (tertiary/aromatic N) is 4. The molecule has 0 saturated carbocycles. The highest BCUT2D eigenvalue weighted by atomic mass is 32.1. The molecule has 4 rings (SSSR count). The first-order valence-electron chi connectivity index (χ1n) is 8.82. The fraction of sp³-hybridized carbons (Fsp3) is 0.444. The molecular weight excluding hydrogens is 350 g/mol. The predicted molar refractivity (Wildman–Crippen MR) is 98.2 cm³/mol. The molecule has 3 aromatic rings. The van der Waals surface area contributed by atoms with E-state index in [1.54, 1.807) is 11.3 Å². The molecule has 8 heteroatoms. The summed E-state index contributed by atoms with van der Waals surface area (Å²) in [6.07, 6.45) is 1.64. The van der Waals surface area contributed by atoms with Gasteiger partial charge in [0.15, 0.2) is 0 Å². The average Bonchev–Trinajstić information content (AvgIpc) is 3.42. The molecule has 1 amide bonds. The molecule has 136 valence electrons. The summed E-state index contributed by atoms with van der Waals surface area (Å²) in [5, 5.41) is 19.5.